The molecule has 0 bridgehead atoms. The number of ether oxygens (including phenoxy) is 1. The maximum atomic E-state index is 13.5. The van der Waals surface area contributed by atoms with Gasteiger partial charge in [0.1, 0.15) is 4.60 Å². The van der Waals surface area contributed by atoms with Crippen LogP contribution in [0.15, 0.2) is 62.6 Å². The monoisotopic (exact) mass is 556 g/mol. The highest BCUT2D eigenvalue weighted by atomic mass is 79.9. The van der Waals surface area contributed by atoms with Gasteiger partial charge in [0, 0.05) is 0 Å². The van der Waals surface area contributed by atoms with Crippen molar-refractivity contribution in [3.05, 3.63) is 74.3 Å². The van der Waals surface area contributed by atoms with Crippen molar-refractivity contribution < 1.29 is 9.53 Å². The fraction of sp³-hybridized carbons (Fsp3) is 0.269. The number of nitrogens with zero attached hydrogens (tertiary/aromatic N) is 2. The first kappa shape index (κ1) is 24.3. The van der Waals surface area contributed by atoms with Crippen molar-refractivity contribution in [3.63, 3.8) is 0 Å². The number of ketones is 1. The molecule has 6 heteroatoms. The van der Waals surface area contributed by atoms with Gasteiger partial charge in [0.15, 0.2) is 0 Å². The van der Waals surface area contributed by atoms with E-state index in [-0.39, 0.29) is 17.6 Å². The fourth-order valence-corrected chi connectivity index (χ4v) is 4.46. The summed E-state index contributed by atoms with van der Waals surface area (Å²) in [5.74, 6) is 0.717. The van der Waals surface area contributed by atoms with Crippen molar-refractivity contribution in [1.82, 2.24) is 4.98 Å². The van der Waals surface area contributed by atoms with Crippen molar-refractivity contribution in [2.24, 2.45) is 4.99 Å². The number of benzene rings is 2. The number of para-hydroxylation sites is 1. The third kappa shape index (κ3) is 5.02. The highest BCUT2D eigenvalue weighted by Crippen LogP contribution is 2.40. The molecule has 0 spiro atoms. The molecule has 1 aromatic heterocycles. The minimum atomic E-state index is -0.231. The van der Waals surface area contributed by atoms with Gasteiger partial charge in [0.05, 0.1) is 34.6 Å². The van der Waals surface area contributed by atoms with Gasteiger partial charge in [-0.05, 0) is 60.4 Å². The summed E-state index contributed by atoms with van der Waals surface area (Å²) in [5.41, 5.74) is 5.02. The van der Waals surface area contributed by atoms with Gasteiger partial charge in [0.2, 0.25) is 11.7 Å². The summed E-state index contributed by atoms with van der Waals surface area (Å²) in [4.78, 5) is 22.7. The number of hydrogen-bond donors (Lipinski definition) is 0. The Morgan fingerprint density at radius 1 is 0.969 bits per heavy atom. The quantitative estimate of drug-likeness (QED) is 0.167. The average molecular weight is 558 g/mol. The molecule has 3 aromatic rings. The Bertz CT molecular complexity index is 1130. The zero-order valence-electron chi connectivity index (χ0n) is 18.8. The highest BCUT2D eigenvalue weighted by molar-refractivity contribution is 9.13. The lowest BCUT2D eigenvalue weighted by Crippen LogP contribution is -2.08. The van der Waals surface area contributed by atoms with E-state index in [2.05, 4.69) is 82.7 Å². The van der Waals surface area contributed by atoms with E-state index in [1.807, 2.05) is 30.3 Å². The molecule has 0 unspecified atom stereocenters. The molecular weight excluding hydrogens is 532 g/mol. The van der Waals surface area contributed by atoms with Crippen molar-refractivity contribution in [2.45, 2.75) is 39.5 Å². The Labute approximate surface area is 206 Å². The lowest BCUT2D eigenvalue weighted by Gasteiger charge is -2.17. The number of carbonyl (C=O) groups excluding carboxylic acids is 1. The number of rotatable bonds is 7. The molecule has 0 N–H and O–H groups in total. The van der Waals surface area contributed by atoms with Crippen LogP contribution in [0, 0.1) is 0 Å². The minimum Gasteiger partial charge on any atom is -0.481 e. The predicted octanol–water partition coefficient (Wildman–Crippen LogP) is 8.11. The zero-order valence-corrected chi connectivity index (χ0v) is 22.0. The van der Waals surface area contributed by atoms with Crippen molar-refractivity contribution in [2.75, 3.05) is 7.11 Å². The van der Waals surface area contributed by atoms with Crippen LogP contribution in [-0.4, -0.2) is 24.1 Å². The van der Waals surface area contributed by atoms with Crippen LogP contribution in [0.2, 0.25) is 0 Å². The van der Waals surface area contributed by atoms with E-state index >= 15 is 0 Å². The maximum absolute atomic E-state index is 13.5. The van der Waals surface area contributed by atoms with E-state index in [0.29, 0.717) is 26.1 Å². The molecule has 0 aliphatic heterocycles. The van der Waals surface area contributed by atoms with Crippen molar-refractivity contribution in [3.8, 4) is 17.0 Å². The zero-order chi connectivity index (χ0) is 23.4. The van der Waals surface area contributed by atoms with Crippen LogP contribution in [0.1, 0.15) is 61.0 Å². The Balaban J connectivity index is 2.18. The summed E-state index contributed by atoms with van der Waals surface area (Å²) >= 11 is 6.98. The van der Waals surface area contributed by atoms with Gasteiger partial charge in [-0.3, -0.25) is 9.79 Å². The average Bonchev–Trinajstić information content (AvgIpc) is 2.78. The first-order chi connectivity index (χ1) is 15.3. The van der Waals surface area contributed by atoms with E-state index in [9.17, 15) is 4.79 Å². The van der Waals surface area contributed by atoms with Crippen LogP contribution in [0.3, 0.4) is 0 Å². The normalized spacial score (nSPS) is 11.5. The minimum absolute atomic E-state index is 0.231. The van der Waals surface area contributed by atoms with E-state index in [1.54, 1.807) is 7.11 Å². The van der Waals surface area contributed by atoms with Gasteiger partial charge in [-0.25, -0.2) is 4.98 Å². The van der Waals surface area contributed by atoms with Crippen LogP contribution in [0.4, 0.5) is 5.69 Å². The standard InChI is InChI=1S/C26H26Br2N2O2/c1-15(2)18-12-9-13-19(16(3)4)24(18)29-14-20(31)22-21(17-10-7-6-8-11-17)26(32-5)30-25(28)23(22)27/h6-16H,1-5H3. The van der Waals surface area contributed by atoms with E-state index in [1.165, 1.54) is 6.21 Å². The first-order valence-corrected chi connectivity index (χ1v) is 12.0. The molecule has 1 heterocycles. The number of pyridine rings is 1. The Hall–Kier alpha value is -2.31. The number of aliphatic imine (C=N–C) groups is 1. The van der Waals surface area contributed by atoms with Gasteiger partial charge in [-0.2, -0.15) is 0 Å². The van der Waals surface area contributed by atoms with Crippen LogP contribution in [0.25, 0.3) is 11.1 Å². The molecule has 166 valence electrons. The number of carbonyl (C=O) groups is 1. The Kier molecular flexibility index (Phi) is 8.01. The molecule has 0 radical (unpaired) electrons. The van der Waals surface area contributed by atoms with Crippen molar-refractivity contribution >= 4 is 49.5 Å². The van der Waals surface area contributed by atoms with Gasteiger partial charge < -0.3 is 4.74 Å². The summed E-state index contributed by atoms with van der Waals surface area (Å²) in [6.45, 7) is 8.54. The van der Waals surface area contributed by atoms with E-state index in [4.69, 9.17) is 9.73 Å². The van der Waals surface area contributed by atoms with Crippen LogP contribution in [0.5, 0.6) is 5.88 Å². The molecule has 3 rings (SSSR count). The van der Waals surface area contributed by atoms with E-state index in [0.717, 1.165) is 22.4 Å². The van der Waals surface area contributed by atoms with Crippen molar-refractivity contribution in [1.29, 1.82) is 0 Å². The summed E-state index contributed by atoms with van der Waals surface area (Å²) < 4.78 is 6.59. The molecule has 0 atom stereocenters. The third-order valence-electron chi connectivity index (χ3n) is 5.22. The molecule has 0 aliphatic rings. The largest absolute Gasteiger partial charge is 0.481 e. The van der Waals surface area contributed by atoms with E-state index < -0.39 is 0 Å². The Morgan fingerprint density at radius 2 is 1.56 bits per heavy atom. The second kappa shape index (κ2) is 10.5. The van der Waals surface area contributed by atoms with Gasteiger partial charge >= 0.3 is 0 Å². The smallest absolute Gasteiger partial charge is 0.222 e. The van der Waals surface area contributed by atoms with Crippen LogP contribution >= 0.6 is 31.9 Å². The predicted molar refractivity (Wildman–Crippen MR) is 139 cm³/mol. The number of hydrogen-bond acceptors (Lipinski definition) is 4. The summed E-state index contributed by atoms with van der Waals surface area (Å²) in [5, 5.41) is 0. The molecule has 0 fully saturated rings. The SMILES string of the molecule is COc1nc(Br)c(Br)c(C(=O)C=Nc2c(C(C)C)cccc2C(C)C)c1-c1ccccc1. The molecule has 0 amide bonds. The number of aromatic nitrogens is 1. The number of methoxy groups -OCH3 is 1. The fourth-order valence-electron chi connectivity index (χ4n) is 3.61. The molecule has 0 saturated heterocycles. The summed E-state index contributed by atoms with van der Waals surface area (Å²) in [6, 6.07) is 15.8. The van der Waals surface area contributed by atoms with Gasteiger partial charge in [0.25, 0.3) is 0 Å². The second-order valence-corrected chi connectivity index (χ2v) is 9.60. The first-order valence-electron chi connectivity index (χ1n) is 10.5. The van der Waals surface area contributed by atoms with Crippen LogP contribution < -0.4 is 4.74 Å². The van der Waals surface area contributed by atoms with Gasteiger partial charge in [-0.1, -0.05) is 76.2 Å². The lowest BCUT2D eigenvalue weighted by molar-refractivity contribution is 0.107. The topological polar surface area (TPSA) is 51.5 Å². The molecule has 32 heavy (non-hydrogen) atoms. The second-order valence-electron chi connectivity index (χ2n) is 8.06. The number of Topliss-reactive ketones (excluding diaryl/α,β-unsaturated/α-hetero) is 1. The lowest BCUT2D eigenvalue weighted by atomic mass is 9.93. The Morgan fingerprint density at radius 3 is 2.09 bits per heavy atom. The highest BCUT2D eigenvalue weighted by Gasteiger charge is 2.24. The van der Waals surface area contributed by atoms with Crippen LogP contribution in [-0.2, 0) is 0 Å². The molecule has 0 aliphatic carbocycles. The number of halogens is 2. The molecule has 0 saturated carbocycles. The summed E-state index contributed by atoms with van der Waals surface area (Å²) in [7, 11) is 1.55. The molecule has 4 nitrogen and oxygen atoms in total. The van der Waals surface area contributed by atoms with Gasteiger partial charge in [-0.15, -0.1) is 0 Å². The maximum Gasteiger partial charge on any atom is 0.222 e. The third-order valence-corrected chi connectivity index (χ3v) is 7.10. The summed E-state index contributed by atoms with van der Waals surface area (Å²) in [6.07, 6.45) is 1.41. The molecular formula is C26H26Br2N2O2. The molecule has 2 aromatic carbocycles.